The van der Waals surface area contributed by atoms with E-state index in [0.29, 0.717) is 10.7 Å². The van der Waals surface area contributed by atoms with Crippen LogP contribution in [-0.4, -0.2) is 17.4 Å². The van der Waals surface area contributed by atoms with Gasteiger partial charge >= 0.3 is 5.69 Å². The van der Waals surface area contributed by atoms with E-state index in [-0.39, 0.29) is 18.0 Å². The van der Waals surface area contributed by atoms with Crippen molar-refractivity contribution in [2.24, 2.45) is 0 Å². The van der Waals surface area contributed by atoms with E-state index < -0.39 is 10.8 Å². The molecule has 0 fully saturated rings. The number of hydrogen-bond acceptors (Lipinski definition) is 4. The number of nitrogens with zero attached hydrogens (tertiary/aromatic N) is 1. The molecule has 0 aliphatic rings. The first-order chi connectivity index (χ1) is 10.9. The maximum atomic E-state index is 11.9. The third-order valence-corrected chi connectivity index (χ3v) is 3.68. The smallest absolute Gasteiger partial charge is 0.310 e. The number of nitro groups is 1. The number of benzene rings is 2. The summed E-state index contributed by atoms with van der Waals surface area (Å²) in [4.78, 5) is 22.3. The van der Waals surface area contributed by atoms with Crippen LogP contribution in [-0.2, 0) is 4.79 Å². The van der Waals surface area contributed by atoms with Crippen LogP contribution in [0.15, 0.2) is 40.9 Å². The van der Waals surface area contributed by atoms with E-state index >= 15 is 0 Å². The van der Waals surface area contributed by atoms with Gasteiger partial charge < -0.3 is 10.1 Å². The molecule has 0 radical (unpaired) electrons. The number of halogens is 2. The van der Waals surface area contributed by atoms with Gasteiger partial charge in [0, 0.05) is 10.5 Å². The van der Waals surface area contributed by atoms with Gasteiger partial charge in [-0.1, -0.05) is 33.6 Å². The molecule has 1 amide bonds. The highest BCUT2D eigenvalue weighted by Gasteiger charge is 2.16. The maximum absolute atomic E-state index is 11.9. The van der Waals surface area contributed by atoms with E-state index in [9.17, 15) is 14.9 Å². The van der Waals surface area contributed by atoms with Crippen molar-refractivity contribution in [3.63, 3.8) is 0 Å². The Kier molecular flexibility index (Phi) is 5.57. The van der Waals surface area contributed by atoms with E-state index in [1.54, 1.807) is 31.2 Å². The zero-order chi connectivity index (χ0) is 17.0. The summed E-state index contributed by atoms with van der Waals surface area (Å²) < 4.78 is 6.06. The highest BCUT2D eigenvalue weighted by atomic mass is 79.9. The van der Waals surface area contributed by atoms with Gasteiger partial charge in [-0.3, -0.25) is 14.9 Å². The lowest BCUT2D eigenvalue weighted by Crippen LogP contribution is -2.20. The quantitative estimate of drug-likeness (QED) is 0.599. The van der Waals surface area contributed by atoms with Crippen LogP contribution < -0.4 is 10.1 Å². The second kappa shape index (κ2) is 7.43. The number of hydrogen-bond donors (Lipinski definition) is 1. The normalized spacial score (nSPS) is 10.2. The number of aryl methyl sites for hydroxylation is 1. The molecular weight excluding hydrogens is 388 g/mol. The summed E-state index contributed by atoms with van der Waals surface area (Å²) in [6, 6.07) is 9.47. The molecule has 2 aromatic carbocycles. The monoisotopic (exact) mass is 398 g/mol. The number of carbonyl (C=O) groups is 1. The molecule has 2 aromatic rings. The third kappa shape index (κ3) is 4.67. The molecule has 23 heavy (non-hydrogen) atoms. The second-order valence-corrected chi connectivity index (χ2v) is 6.01. The first-order valence-corrected chi connectivity index (χ1v) is 7.66. The van der Waals surface area contributed by atoms with Crippen LogP contribution in [0, 0.1) is 17.0 Å². The van der Waals surface area contributed by atoms with Gasteiger partial charge in [-0.15, -0.1) is 0 Å². The lowest BCUT2D eigenvalue weighted by atomic mass is 10.2. The fourth-order valence-electron chi connectivity index (χ4n) is 1.81. The van der Waals surface area contributed by atoms with Gasteiger partial charge in [0.15, 0.2) is 12.4 Å². The molecule has 0 bridgehead atoms. The SMILES string of the molecule is Cc1ccc([N+](=O)[O-])c(OCC(=O)Nc2ccc(Br)cc2Cl)c1. The minimum absolute atomic E-state index is 0.0482. The van der Waals surface area contributed by atoms with E-state index in [2.05, 4.69) is 21.2 Å². The van der Waals surface area contributed by atoms with Crippen LogP contribution in [0.5, 0.6) is 5.75 Å². The number of anilines is 1. The predicted octanol–water partition coefficient (Wildman–Crippen LogP) is 4.34. The zero-order valence-electron chi connectivity index (χ0n) is 12.0. The fourth-order valence-corrected chi connectivity index (χ4v) is 2.53. The second-order valence-electron chi connectivity index (χ2n) is 4.69. The molecule has 0 aliphatic heterocycles. The number of carbonyl (C=O) groups excluding carboxylic acids is 1. The maximum Gasteiger partial charge on any atom is 0.310 e. The molecule has 0 heterocycles. The highest BCUT2D eigenvalue weighted by molar-refractivity contribution is 9.10. The Labute approximate surface area is 145 Å². The number of nitro benzene ring substituents is 1. The summed E-state index contributed by atoms with van der Waals surface area (Å²) >= 11 is 9.27. The first-order valence-electron chi connectivity index (χ1n) is 6.49. The topological polar surface area (TPSA) is 81.5 Å². The van der Waals surface area contributed by atoms with Crippen LogP contribution in [0.3, 0.4) is 0 Å². The van der Waals surface area contributed by atoms with Crippen molar-refractivity contribution in [3.05, 3.63) is 61.6 Å². The van der Waals surface area contributed by atoms with Crippen molar-refractivity contribution in [1.29, 1.82) is 0 Å². The van der Waals surface area contributed by atoms with Crippen molar-refractivity contribution in [3.8, 4) is 5.75 Å². The summed E-state index contributed by atoms with van der Waals surface area (Å²) in [5, 5.41) is 13.9. The van der Waals surface area contributed by atoms with Crippen molar-refractivity contribution in [1.82, 2.24) is 0 Å². The minimum Gasteiger partial charge on any atom is -0.477 e. The summed E-state index contributed by atoms with van der Waals surface area (Å²) in [6.07, 6.45) is 0. The van der Waals surface area contributed by atoms with Crippen LogP contribution in [0.1, 0.15) is 5.56 Å². The Morgan fingerprint density at radius 2 is 2.09 bits per heavy atom. The lowest BCUT2D eigenvalue weighted by molar-refractivity contribution is -0.385. The van der Waals surface area contributed by atoms with Gasteiger partial charge in [0.05, 0.1) is 15.6 Å². The summed E-state index contributed by atoms with van der Waals surface area (Å²) in [6.45, 7) is 1.41. The molecule has 6 nitrogen and oxygen atoms in total. The molecule has 1 N–H and O–H groups in total. The Morgan fingerprint density at radius 1 is 1.35 bits per heavy atom. The molecule has 0 unspecified atom stereocenters. The molecule has 0 aromatic heterocycles. The predicted molar refractivity (Wildman–Crippen MR) is 91.1 cm³/mol. The molecule has 0 aliphatic carbocycles. The van der Waals surface area contributed by atoms with E-state index in [1.165, 1.54) is 12.1 Å². The molecule has 0 saturated heterocycles. The van der Waals surface area contributed by atoms with Crippen molar-refractivity contribution >= 4 is 44.8 Å². The molecule has 0 atom stereocenters. The summed E-state index contributed by atoms with van der Waals surface area (Å²) in [5.74, 6) is -0.419. The molecule has 2 rings (SSSR count). The Balaban J connectivity index is 2.05. The zero-order valence-corrected chi connectivity index (χ0v) is 14.3. The van der Waals surface area contributed by atoms with Gasteiger partial charge in [-0.05, 0) is 36.8 Å². The largest absolute Gasteiger partial charge is 0.477 e. The Hall–Kier alpha value is -2.12. The Bertz CT molecular complexity index is 767. The van der Waals surface area contributed by atoms with Crippen molar-refractivity contribution in [2.45, 2.75) is 6.92 Å². The lowest BCUT2D eigenvalue weighted by Gasteiger charge is -2.09. The number of rotatable bonds is 5. The van der Waals surface area contributed by atoms with E-state index in [4.69, 9.17) is 16.3 Å². The number of amides is 1. The molecule has 0 spiro atoms. The summed E-state index contributed by atoms with van der Waals surface area (Å²) in [7, 11) is 0. The van der Waals surface area contributed by atoms with Gasteiger partial charge in [0.2, 0.25) is 0 Å². The van der Waals surface area contributed by atoms with Crippen LogP contribution in [0.4, 0.5) is 11.4 Å². The van der Waals surface area contributed by atoms with Crippen LogP contribution in [0.25, 0.3) is 0 Å². The number of nitrogens with one attached hydrogen (secondary N) is 1. The standard InChI is InChI=1S/C15H12BrClN2O4/c1-9-2-5-13(19(21)22)14(6-9)23-8-15(20)18-12-4-3-10(16)7-11(12)17/h2-7H,8H2,1H3,(H,18,20). The third-order valence-electron chi connectivity index (χ3n) is 2.88. The highest BCUT2D eigenvalue weighted by Crippen LogP contribution is 2.28. The fraction of sp³-hybridized carbons (Fsp3) is 0.133. The van der Waals surface area contributed by atoms with Crippen molar-refractivity contribution < 1.29 is 14.5 Å². The van der Waals surface area contributed by atoms with Crippen molar-refractivity contribution in [2.75, 3.05) is 11.9 Å². The average molecular weight is 400 g/mol. The molecular formula is C15H12BrClN2O4. The van der Waals surface area contributed by atoms with Gasteiger partial charge in [0.1, 0.15) is 0 Å². The first kappa shape index (κ1) is 17.2. The molecule has 0 saturated carbocycles. The average Bonchev–Trinajstić information content (AvgIpc) is 2.48. The Morgan fingerprint density at radius 3 is 2.74 bits per heavy atom. The summed E-state index contributed by atoms with van der Waals surface area (Å²) in [5.41, 5.74) is 1.04. The van der Waals surface area contributed by atoms with Gasteiger partial charge in [0.25, 0.3) is 5.91 Å². The number of ether oxygens (including phenoxy) is 1. The minimum atomic E-state index is -0.557. The van der Waals surface area contributed by atoms with E-state index in [0.717, 1.165) is 10.0 Å². The molecule has 120 valence electrons. The van der Waals surface area contributed by atoms with Crippen LogP contribution in [0.2, 0.25) is 5.02 Å². The van der Waals surface area contributed by atoms with Crippen LogP contribution >= 0.6 is 27.5 Å². The van der Waals surface area contributed by atoms with Gasteiger partial charge in [-0.2, -0.15) is 0 Å². The van der Waals surface area contributed by atoms with E-state index in [1.807, 2.05) is 0 Å². The molecule has 8 heteroatoms. The van der Waals surface area contributed by atoms with Gasteiger partial charge in [-0.25, -0.2) is 0 Å².